The van der Waals surface area contributed by atoms with Crippen molar-refractivity contribution in [3.8, 4) is 0 Å². The Morgan fingerprint density at radius 3 is 2.96 bits per heavy atom. The zero-order valence-corrected chi connectivity index (χ0v) is 16.0. The van der Waals surface area contributed by atoms with Gasteiger partial charge in [0.2, 0.25) is 5.91 Å². The van der Waals surface area contributed by atoms with Gasteiger partial charge in [-0.2, -0.15) is 0 Å². The van der Waals surface area contributed by atoms with Crippen molar-refractivity contribution in [3.05, 3.63) is 15.6 Å². The summed E-state index contributed by atoms with van der Waals surface area (Å²) < 4.78 is 0. The third kappa shape index (κ3) is 3.81. The average Bonchev–Trinajstić information content (AvgIpc) is 2.93. The van der Waals surface area contributed by atoms with Gasteiger partial charge in [0.1, 0.15) is 0 Å². The van der Waals surface area contributed by atoms with E-state index in [2.05, 4.69) is 33.9 Å². The normalized spacial score (nSPS) is 25.1. The van der Waals surface area contributed by atoms with E-state index in [9.17, 15) is 4.79 Å². The van der Waals surface area contributed by atoms with Gasteiger partial charge in [0.25, 0.3) is 0 Å². The largest absolute Gasteiger partial charge is 0.338 e. The molecule has 1 amide bonds. The fourth-order valence-electron chi connectivity index (χ4n) is 4.21. The molecule has 0 unspecified atom stereocenters. The number of piperidine rings is 2. The summed E-state index contributed by atoms with van der Waals surface area (Å²) in [6, 6.07) is 0.449. The Kier molecular flexibility index (Phi) is 5.89. The molecule has 2 aliphatic rings. The summed E-state index contributed by atoms with van der Waals surface area (Å²) in [4.78, 5) is 23.1. The molecular weight excluding hydrogens is 320 g/mol. The molecular formula is C18H30N4OS. The van der Waals surface area contributed by atoms with Crippen molar-refractivity contribution in [1.82, 2.24) is 20.1 Å². The predicted octanol–water partition coefficient (Wildman–Crippen LogP) is 2.05. The molecule has 5 nitrogen and oxygen atoms in total. The topological polar surface area (TPSA) is 48.5 Å². The van der Waals surface area contributed by atoms with Gasteiger partial charge in [-0.25, -0.2) is 4.98 Å². The molecule has 0 bridgehead atoms. The van der Waals surface area contributed by atoms with E-state index < -0.39 is 0 Å². The lowest BCUT2D eigenvalue weighted by molar-refractivity contribution is -0.141. The number of thiazole rings is 1. The number of likely N-dealkylation sites (tertiary alicyclic amines) is 2. The summed E-state index contributed by atoms with van der Waals surface area (Å²) in [5, 5.41) is 4.36. The van der Waals surface area contributed by atoms with Crippen molar-refractivity contribution in [1.29, 1.82) is 0 Å². The Bertz CT molecular complexity index is 573. The lowest BCUT2D eigenvalue weighted by Gasteiger charge is -2.47. The van der Waals surface area contributed by atoms with Gasteiger partial charge in [-0.05, 0) is 39.2 Å². The number of hydrogen-bond donors (Lipinski definition) is 1. The molecule has 2 saturated heterocycles. The number of hydrogen-bond acceptors (Lipinski definition) is 5. The lowest BCUT2D eigenvalue weighted by Crippen LogP contribution is -2.56. The number of nitrogens with zero attached hydrogens (tertiary/aromatic N) is 3. The van der Waals surface area contributed by atoms with Crippen LogP contribution in [0.3, 0.4) is 0 Å². The second-order valence-electron chi connectivity index (χ2n) is 7.04. The summed E-state index contributed by atoms with van der Waals surface area (Å²) in [7, 11) is 1.96. The number of aromatic nitrogens is 1. The van der Waals surface area contributed by atoms with Gasteiger partial charge in [0.15, 0.2) is 0 Å². The van der Waals surface area contributed by atoms with Gasteiger partial charge in [-0.1, -0.05) is 6.92 Å². The first kappa shape index (κ1) is 17.8. The standard InChI is InChI=1S/C18H30N4OS/c1-4-15-17(24-13(2)20-15)12-21-9-7-16-14(11-21)5-6-18(23)22(16)10-8-19-3/h14,16,19H,4-12H2,1-3H3/t14-,16+/m0/s1. The maximum atomic E-state index is 12.3. The maximum absolute atomic E-state index is 12.3. The minimum Gasteiger partial charge on any atom is -0.338 e. The third-order valence-corrected chi connectivity index (χ3v) is 6.42. The Morgan fingerprint density at radius 2 is 2.21 bits per heavy atom. The molecule has 0 aromatic carbocycles. The van der Waals surface area contributed by atoms with Gasteiger partial charge < -0.3 is 10.2 Å². The van der Waals surface area contributed by atoms with E-state index in [-0.39, 0.29) is 0 Å². The molecule has 0 radical (unpaired) electrons. The fraction of sp³-hybridized carbons (Fsp3) is 0.778. The summed E-state index contributed by atoms with van der Waals surface area (Å²) in [5.74, 6) is 0.985. The lowest BCUT2D eigenvalue weighted by atomic mass is 9.83. The number of nitrogens with one attached hydrogen (secondary N) is 1. The molecule has 2 aliphatic heterocycles. The number of aryl methyl sites for hydroxylation is 2. The highest BCUT2D eigenvalue weighted by Gasteiger charge is 2.39. The van der Waals surface area contributed by atoms with E-state index in [4.69, 9.17) is 0 Å². The molecule has 0 saturated carbocycles. The van der Waals surface area contributed by atoms with Crippen molar-refractivity contribution in [2.75, 3.05) is 33.2 Å². The molecule has 134 valence electrons. The smallest absolute Gasteiger partial charge is 0.222 e. The number of carbonyl (C=O) groups excluding carboxylic acids is 1. The molecule has 0 aliphatic carbocycles. The molecule has 2 fully saturated rings. The Labute approximate surface area is 149 Å². The monoisotopic (exact) mass is 350 g/mol. The van der Waals surface area contributed by atoms with Crippen molar-refractivity contribution in [2.45, 2.75) is 52.1 Å². The highest BCUT2D eigenvalue weighted by Crippen LogP contribution is 2.32. The van der Waals surface area contributed by atoms with Crippen LogP contribution in [-0.4, -0.2) is 60.0 Å². The molecule has 3 rings (SSSR count). The number of rotatable bonds is 6. The van der Waals surface area contributed by atoms with Gasteiger partial charge in [0.05, 0.1) is 10.7 Å². The van der Waals surface area contributed by atoms with E-state index in [1.807, 2.05) is 18.4 Å². The minimum absolute atomic E-state index is 0.353. The zero-order valence-electron chi connectivity index (χ0n) is 15.2. The third-order valence-electron chi connectivity index (χ3n) is 5.42. The first-order chi connectivity index (χ1) is 11.6. The number of likely N-dealkylation sites (N-methyl/N-ethyl adjacent to an activating group) is 1. The molecule has 1 aromatic heterocycles. The molecule has 1 N–H and O–H groups in total. The van der Waals surface area contributed by atoms with Crippen LogP contribution in [0.4, 0.5) is 0 Å². The van der Waals surface area contributed by atoms with Gasteiger partial charge in [0, 0.05) is 50.1 Å². The summed E-state index contributed by atoms with van der Waals surface area (Å²) in [6.45, 7) is 9.27. The van der Waals surface area contributed by atoms with Crippen LogP contribution in [0, 0.1) is 12.8 Å². The SMILES string of the molecule is CCc1nc(C)sc1CN1CC[C@@H]2[C@@H](CCC(=O)N2CCNC)C1. The van der Waals surface area contributed by atoms with Gasteiger partial charge in [-0.3, -0.25) is 9.69 Å². The van der Waals surface area contributed by atoms with Crippen LogP contribution in [0.1, 0.15) is 41.8 Å². The number of amides is 1. The van der Waals surface area contributed by atoms with Crippen LogP contribution in [0.25, 0.3) is 0 Å². The summed E-state index contributed by atoms with van der Waals surface area (Å²) in [6.07, 6.45) is 3.90. The second-order valence-corrected chi connectivity index (χ2v) is 8.32. The zero-order chi connectivity index (χ0) is 17.1. The Hall–Kier alpha value is -0.980. The van der Waals surface area contributed by atoms with Crippen LogP contribution in [0.2, 0.25) is 0 Å². The molecule has 0 spiro atoms. The first-order valence-corrected chi connectivity index (χ1v) is 10.1. The van der Waals surface area contributed by atoms with E-state index in [0.29, 0.717) is 17.9 Å². The minimum atomic E-state index is 0.353. The van der Waals surface area contributed by atoms with Crippen molar-refractivity contribution >= 4 is 17.2 Å². The average molecular weight is 351 g/mol. The van der Waals surface area contributed by atoms with Crippen LogP contribution in [0.5, 0.6) is 0 Å². The number of fused-ring (bicyclic) bond motifs is 1. The van der Waals surface area contributed by atoms with Crippen molar-refractivity contribution < 1.29 is 4.79 Å². The quantitative estimate of drug-likeness (QED) is 0.853. The first-order valence-electron chi connectivity index (χ1n) is 9.24. The predicted molar refractivity (Wildman–Crippen MR) is 98.3 cm³/mol. The van der Waals surface area contributed by atoms with E-state index in [1.165, 1.54) is 15.6 Å². The number of carbonyl (C=O) groups is 1. The van der Waals surface area contributed by atoms with Crippen molar-refractivity contribution in [3.63, 3.8) is 0 Å². The summed E-state index contributed by atoms with van der Waals surface area (Å²) in [5.41, 5.74) is 1.27. The molecule has 2 atom stereocenters. The van der Waals surface area contributed by atoms with Crippen LogP contribution < -0.4 is 5.32 Å². The van der Waals surface area contributed by atoms with E-state index in [1.54, 1.807) is 0 Å². The second kappa shape index (κ2) is 7.93. The fourth-order valence-corrected chi connectivity index (χ4v) is 5.28. The van der Waals surface area contributed by atoms with Crippen LogP contribution >= 0.6 is 11.3 Å². The van der Waals surface area contributed by atoms with Crippen molar-refractivity contribution in [2.24, 2.45) is 5.92 Å². The van der Waals surface area contributed by atoms with Gasteiger partial charge in [-0.15, -0.1) is 11.3 Å². The molecule has 6 heteroatoms. The molecule has 24 heavy (non-hydrogen) atoms. The highest BCUT2D eigenvalue weighted by molar-refractivity contribution is 7.11. The van der Waals surface area contributed by atoms with Gasteiger partial charge >= 0.3 is 0 Å². The van der Waals surface area contributed by atoms with Crippen LogP contribution in [-0.2, 0) is 17.8 Å². The Morgan fingerprint density at radius 1 is 1.38 bits per heavy atom. The maximum Gasteiger partial charge on any atom is 0.222 e. The molecule has 3 heterocycles. The van der Waals surface area contributed by atoms with E-state index in [0.717, 1.165) is 58.4 Å². The highest BCUT2D eigenvalue weighted by atomic mass is 32.1. The Balaban J connectivity index is 1.63. The van der Waals surface area contributed by atoms with E-state index >= 15 is 0 Å². The summed E-state index contributed by atoms with van der Waals surface area (Å²) >= 11 is 1.85. The van der Waals surface area contributed by atoms with Crippen LogP contribution in [0.15, 0.2) is 0 Å². The molecule has 1 aromatic rings.